The highest BCUT2D eigenvalue weighted by Gasteiger charge is 2.58. The van der Waals surface area contributed by atoms with Crippen LogP contribution in [0, 0.1) is 17.8 Å². The van der Waals surface area contributed by atoms with Crippen LogP contribution in [0.1, 0.15) is 36.8 Å². The van der Waals surface area contributed by atoms with E-state index in [1.165, 1.54) is 5.56 Å². The maximum atomic E-state index is 13.4. The molecule has 1 saturated heterocycles. The molecule has 176 valence electrons. The van der Waals surface area contributed by atoms with Gasteiger partial charge in [-0.15, -0.1) is 0 Å². The first-order valence-corrected chi connectivity index (χ1v) is 12.1. The van der Waals surface area contributed by atoms with Crippen LogP contribution in [-0.4, -0.2) is 49.3 Å². The predicted octanol–water partition coefficient (Wildman–Crippen LogP) is 3.33. The predicted molar refractivity (Wildman–Crippen MR) is 126 cm³/mol. The lowest BCUT2D eigenvalue weighted by Gasteiger charge is -2.33. The minimum Gasteiger partial charge on any atom is -0.493 e. The Morgan fingerprint density at radius 1 is 1.03 bits per heavy atom. The van der Waals surface area contributed by atoms with Gasteiger partial charge in [0, 0.05) is 31.6 Å². The fourth-order valence-corrected chi connectivity index (χ4v) is 6.04. The van der Waals surface area contributed by atoms with Gasteiger partial charge in [0.15, 0.2) is 17.1 Å². The molecule has 1 amide bonds. The molecule has 0 bridgehead atoms. The van der Waals surface area contributed by atoms with E-state index in [4.69, 9.17) is 9.47 Å². The highest BCUT2D eigenvalue weighted by Crippen LogP contribution is 2.47. The van der Waals surface area contributed by atoms with Gasteiger partial charge in [0.1, 0.15) is 0 Å². The van der Waals surface area contributed by atoms with Gasteiger partial charge >= 0.3 is 0 Å². The number of rotatable bonds is 8. The summed E-state index contributed by atoms with van der Waals surface area (Å²) in [6.45, 7) is 2.76. The summed E-state index contributed by atoms with van der Waals surface area (Å²) in [6.07, 6.45) is 3.95. The maximum absolute atomic E-state index is 13.4. The summed E-state index contributed by atoms with van der Waals surface area (Å²) >= 11 is 0. The summed E-state index contributed by atoms with van der Waals surface area (Å²) in [7, 11) is 3.30. The molecule has 5 rings (SSSR count). The lowest BCUT2D eigenvalue weighted by molar-refractivity contribution is -0.147. The highest BCUT2D eigenvalue weighted by atomic mass is 16.5. The van der Waals surface area contributed by atoms with Crippen LogP contribution in [-0.2, 0) is 16.9 Å². The van der Waals surface area contributed by atoms with E-state index in [0.717, 1.165) is 62.4 Å². The van der Waals surface area contributed by atoms with E-state index in [1.807, 2.05) is 42.5 Å². The van der Waals surface area contributed by atoms with E-state index in [0.29, 0.717) is 11.8 Å². The van der Waals surface area contributed by atoms with E-state index in [1.54, 1.807) is 14.2 Å². The van der Waals surface area contributed by atoms with Gasteiger partial charge in [0.25, 0.3) is 5.91 Å². The molecule has 3 unspecified atom stereocenters. The third-order valence-corrected chi connectivity index (χ3v) is 7.93. The van der Waals surface area contributed by atoms with Crippen molar-refractivity contribution in [2.45, 2.75) is 43.9 Å². The summed E-state index contributed by atoms with van der Waals surface area (Å²) in [5, 5.41) is 14.9. The van der Waals surface area contributed by atoms with Gasteiger partial charge in [-0.05, 0) is 47.9 Å². The van der Waals surface area contributed by atoms with Crippen molar-refractivity contribution in [1.82, 2.24) is 10.2 Å². The van der Waals surface area contributed by atoms with Crippen LogP contribution >= 0.6 is 0 Å². The Labute approximate surface area is 195 Å². The number of benzene rings is 2. The summed E-state index contributed by atoms with van der Waals surface area (Å²) in [4.78, 5) is 15.9. The normalized spacial score (nSPS) is 26.5. The van der Waals surface area contributed by atoms with Crippen molar-refractivity contribution in [1.29, 1.82) is 0 Å². The summed E-state index contributed by atoms with van der Waals surface area (Å²) in [5.74, 6) is 2.17. The molecule has 0 aromatic heterocycles. The molecule has 2 aromatic rings. The topological polar surface area (TPSA) is 71.0 Å². The van der Waals surface area contributed by atoms with Gasteiger partial charge in [-0.3, -0.25) is 9.69 Å². The van der Waals surface area contributed by atoms with Crippen LogP contribution in [0.3, 0.4) is 0 Å². The lowest BCUT2D eigenvalue weighted by atomic mass is 9.79. The second kappa shape index (κ2) is 8.99. The van der Waals surface area contributed by atoms with Gasteiger partial charge in [0.05, 0.1) is 14.2 Å². The second-order valence-corrected chi connectivity index (χ2v) is 9.82. The Balaban J connectivity index is 1.21. The minimum atomic E-state index is -1.44. The van der Waals surface area contributed by atoms with Gasteiger partial charge in [-0.25, -0.2) is 0 Å². The van der Waals surface area contributed by atoms with Crippen molar-refractivity contribution in [2.24, 2.45) is 17.8 Å². The molecule has 1 aliphatic heterocycles. The number of ether oxygens (including phenoxy) is 2. The first-order chi connectivity index (χ1) is 16.0. The highest BCUT2D eigenvalue weighted by molar-refractivity contribution is 5.87. The Bertz CT molecular complexity index is 979. The number of likely N-dealkylation sites (tertiary alicyclic amines) is 1. The number of nitrogens with one attached hydrogen (secondary N) is 1. The number of aliphatic hydroxyl groups is 1. The molecular weight excluding hydrogens is 416 g/mol. The average Bonchev–Trinajstić information content (AvgIpc) is 3.26. The van der Waals surface area contributed by atoms with Crippen LogP contribution in [0.25, 0.3) is 0 Å². The number of carbonyl (C=O) groups excluding carboxylic acids is 1. The largest absolute Gasteiger partial charge is 0.493 e. The SMILES string of the molecule is COc1ccc(CN2CC3C(C2)C3NC(=O)C(O)(c2ccccc2)C2CCCC2)cc1OC. The van der Waals surface area contributed by atoms with E-state index >= 15 is 0 Å². The zero-order valence-corrected chi connectivity index (χ0v) is 19.5. The number of fused-ring (bicyclic) bond motifs is 1. The maximum Gasteiger partial charge on any atom is 0.257 e. The van der Waals surface area contributed by atoms with Gasteiger partial charge < -0.3 is 19.9 Å². The third kappa shape index (κ3) is 4.11. The smallest absolute Gasteiger partial charge is 0.257 e. The number of nitrogens with zero attached hydrogens (tertiary/aromatic N) is 1. The molecule has 3 fully saturated rings. The standard InChI is InChI=1S/C27H34N2O4/c1-32-23-13-12-18(14-24(23)33-2)15-29-16-21-22(17-29)25(21)28-26(30)27(31,20-10-6-7-11-20)19-8-4-3-5-9-19/h3-5,8-9,12-14,20-22,25,31H,6-7,10-11,15-17H2,1-2H3,(H,28,30). The number of methoxy groups -OCH3 is 2. The lowest BCUT2D eigenvalue weighted by Crippen LogP contribution is -2.50. The first kappa shape index (κ1) is 22.2. The Kier molecular flexibility index (Phi) is 6.06. The van der Waals surface area contributed by atoms with E-state index in [9.17, 15) is 9.90 Å². The van der Waals surface area contributed by atoms with Crippen molar-refractivity contribution >= 4 is 5.91 Å². The number of piperidine rings is 1. The molecule has 3 aliphatic rings. The zero-order valence-electron chi connectivity index (χ0n) is 19.5. The zero-order chi connectivity index (χ0) is 23.0. The third-order valence-electron chi connectivity index (χ3n) is 7.93. The molecule has 2 saturated carbocycles. The summed E-state index contributed by atoms with van der Waals surface area (Å²) in [6, 6.07) is 15.7. The van der Waals surface area contributed by atoms with Crippen molar-refractivity contribution in [3.8, 4) is 11.5 Å². The molecule has 0 radical (unpaired) electrons. The Morgan fingerprint density at radius 2 is 1.70 bits per heavy atom. The molecule has 2 aliphatic carbocycles. The fourth-order valence-electron chi connectivity index (χ4n) is 6.04. The van der Waals surface area contributed by atoms with E-state index < -0.39 is 5.60 Å². The Hall–Kier alpha value is -2.57. The molecular formula is C27H34N2O4. The van der Waals surface area contributed by atoms with Gasteiger partial charge in [-0.2, -0.15) is 0 Å². The van der Waals surface area contributed by atoms with Crippen LogP contribution in [0.4, 0.5) is 0 Å². The van der Waals surface area contributed by atoms with Crippen LogP contribution in [0.2, 0.25) is 0 Å². The molecule has 33 heavy (non-hydrogen) atoms. The minimum absolute atomic E-state index is 0.0139. The van der Waals surface area contributed by atoms with Crippen molar-refractivity contribution in [3.63, 3.8) is 0 Å². The van der Waals surface area contributed by atoms with E-state index in [-0.39, 0.29) is 17.9 Å². The number of amides is 1. The van der Waals surface area contributed by atoms with E-state index in [2.05, 4.69) is 16.3 Å². The van der Waals surface area contributed by atoms with Gasteiger partial charge in [0.2, 0.25) is 0 Å². The van der Waals surface area contributed by atoms with Crippen molar-refractivity contribution < 1.29 is 19.4 Å². The van der Waals surface area contributed by atoms with Crippen LogP contribution in [0.15, 0.2) is 48.5 Å². The summed E-state index contributed by atoms with van der Waals surface area (Å²) in [5.41, 5.74) is 0.470. The number of carbonyl (C=O) groups is 1. The summed E-state index contributed by atoms with van der Waals surface area (Å²) < 4.78 is 10.8. The molecule has 6 nitrogen and oxygen atoms in total. The number of hydrogen-bond donors (Lipinski definition) is 2. The molecule has 2 N–H and O–H groups in total. The molecule has 3 atom stereocenters. The molecule has 6 heteroatoms. The van der Waals surface area contributed by atoms with Crippen LogP contribution < -0.4 is 14.8 Å². The van der Waals surface area contributed by atoms with Crippen molar-refractivity contribution in [3.05, 3.63) is 59.7 Å². The van der Waals surface area contributed by atoms with Crippen molar-refractivity contribution in [2.75, 3.05) is 27.3 Å². The molecule has 2 aromatic carbocycles. The van der Waals surface area contributed by atoms with Gasteiger partial charge in [-0.1, -0.05) is 49.2 Å². The first-order valence-electron chi connectivity index (χ1n) is 12.1. The Morgan fingerprint density at radius 3 is 2.33 bits per heavy atom. The molecule has 0 spiro atoms. The molecule has 1 heterocycles. The monoisotopic (exact) mass is 450 g/mol. The average molecular weight is 451 g/mol. The number of hydrogen-bond acceptors (Lipinski definition) is 5. The fraction of sp³-hybridized carbons (Fsp3) is 0.519. The quantitative estimate of drug-likeness (QED) is 0.646. The second-order valence-electron chi connectivity index (χ2n) is 9.82. The van der Waals surface area contributed by atoms with Crippen LogP contribution in [0.5, 0.6) is 11.5 Å².